The van der Waals surface area contributed by atoms with E-state index >= 15 is 0 Å². The quantitative estimate of drug-likeness (QED) is 0.196. The van der Waals surface area contributed by atoms with Gasteiger partial charge < -0.3 is 5.32 Å². The van der Waals surface area contributed by atoms with E-state index in [-0.39, 0.29) is 12.3 Å². The number of benzene rings is 7. The van der Waals surface area contributed by atoms with Gasteiger partial charge in [0.2, 0.25) is 0 Å². The molecule has 0 aromatic heterocycles. The van der Waals surface area contributed by atoms with Crippen LogP contribution in [0.5, 0.6) is 0 Å². The van der Waals surface area contributed by atoms with Gasteiger partial charge in [0.15, 0.2) is 0 Å². The Bertz CT molecular complexity index is 2270. The van der Waals surface area contributed by atoms with Gasteiger partial charge in [-0.05, 0) is 61.5 Å². The molecule has 2 atom stereocenters. The first-order valence-corrected chi connectivity index (χ1v) is 15.5. The van der Waals surface area contributed by atoms with Crippen LogP contribution in [0.3, 0.4) is 0 Å². The molecule has 0 saturated carbocycles. The van der Waals surface area contributed by atoms with Gasteiger partial charge in [0, 0.05) is 11.1 Å². The Kier molecular flexibility index (Phi) is 7.07. The Labute approximate surface area is 268 Å². The third-order valence-corrected chi connectivity index (χ3v) is 8.79. The molecule has 4 heteroatoms. The summed E-state index contributed by atoms with van der Waals surface area (Å²) in [6.07, 6.45) is -0.482. The van der Waals surface area contributed by atoms with E-state index in [0.717, 1.165) is 33.7 Å². The van der Waals surface area contributed by atoms with Crippen LogP contribution in [0.4, 0.5) is 0 Å². The fraction of sp³-hybridized carbons (Fsp3) is 0.0476. The molecule has 46 heavy (non-hydrogen) atoms. The summed E-state index contributed by atoms with van der Waals surface area (Å²) in [4.78, 5) is 5.17. The molecule has 0 radical (unpaired) electrons. The lowest BCUT2D eigenvalue weighted by Crippen LogP contribution is -2.45. The van der Waals surface area contributed by atoms with Crippen LogP contribution >= 0.6 is 0 Å². The first-order chi connectivity index (χ1) is 22.8. The van der Waals surface area contributed by atoms with Crippen molar-refractivity contribution in [3.63, 3.8) is 0 Å². The highest BCUT2D eigenvalue weighted by Crippen LogP contribution is 2.43. The average molecular weight is 591 g/mol. The Balaban J connectivity index is 1.35. The van der Waals surface area contributed by atoms with Crippen molar-refractivity contribution in [3.8, 4) is 28.3 Å². The molecule has 1 aliphatic heterocycles. The zero-order chi connectivity index (χ0) is 30.9. The van der Waals surface area contributed by atoms with Crippen molar-refractivity contribution in [3.05, 3.63) is 180 Å². The van der Waals surface area contributed by atoms with Gasteiger partial charge in [0.25, 0.3) is 0 Å². The molecule has 0 bridgehead atoms. The van der Waals surface area contributed by atoms with E-state index < -0.39 is 0 Å². The summed E-state index contributed by atoms with van der Waals surface area (Å²) in [5.41, 5.74) is 8.39. The van der Waals surface area contributed by atoms with Crippen LogP contribution in [0.25, 0.3) is 43.8 Å². The van der Waals surface area contributed by atoms with Crippen LogP contribution in [0, 0.1) is 11.3 Å². The van der Waals surface area contributed by atoms with Crippen LogP contribution in [-0.2, 0) is 0 Å². The summed E-state index contributed by atoms with van der Waals surface area (Å²) in [5, 5.41) is 22.0. The molecule has 0 fully saturated rings. The van der Waals surface area contributed by atoms with Gasteiger partial charge in [0.05, 0.1) is 11.6 Å². The number of aliphatic imine (C=N–C) groups is 1. The summed E-state index contributed by atoms with van der Waals surface area (Å²) in [6.45, 7) is 0. The fourth-order valence-electron chi connectivity index (χ4n) is 6.63. The average Bonchev–Trinajstić information content (AvgIpc) is 3.15. The number of rotatable bonds is 5. The van der Waals surface area contributed by atoms with Crippen molar-refractivity contribution < 1.29 is 0 Å². The van der Waals surface area contributed by atoms with E-state index in [1.807, 2.05) is 30.3 Å². The number of hydrogen-bond acceptors (Lipinski definition) is 4. The van der Waals surface area contributed by atoms with Gasteiger partial charge in [-0.25, -0.2) is 4.99 Å². The van der Waals surface area contributed by atoms with Gasteiger partial charge in [0.1, 0.15) is 18.2 Å². The van der Waals surface area contributed by atoms with Crippen LogP contribution in [0.2, 0.25) is 0 Å². The van der Waals surface area contributed by atoms with Crippen LogP contribution < -0.4 is 10.6 Å². The maximum absolute atomic E-state index is 9.46. The lowest BCUT2D eigenvalue weighted by Gasteiger charge is -2.34. The Hall–Kier alpha value is -6.02. The molecule has 0 spiro atoms. The van der Waals surface area contributed by atoms with Gasteiger partial charge in [-0.2, -0.15) is 5.26 Å². The summed E-state index contributed by atoms with van der Waals surface area (Å²) < 4.78 is 0. The second kappa shape index (κ2) is 11.8. The molecule has 0 amide bonds. The molecule has 2 N–H and O–H groups in total. The Morgan fingerprint density at radius 1 is 0.522 bits per heavy atom. The molecule has 7 aromatic rings. The SMILES string of the molecule is N#Cc1cccc(-c2ccc(-c3c(C4NC(c5ccccc5)=NC(c5ccccc5)N4)c4ccccc4c4ccccc34)cc2)c1. The maximum Gasteiger partial charge on any atom is 0.131 e. The van der Waals surface area contributed by atoms with Crippen molar-refractivity contribution in [1.82, 2.24) is 10.6 Å². The lowest BCUT2D eigenvalue weighted by molar-refractivity contribution is 0.412. The molecule has 1 aliphatic rings. The minimum Gasteiger partial charge on any atom is -0.350 e. The van der Waals surface area contributed by atoms with Gasteiger partial charge in [-0.3, -0.25) is 5.32 Å². The summed E-state index contributed by atoms with van der Waals surface area (Å²) in [5.74, 6) is 0.856. The number of nitrogens with zero attached hydrogens (tertiary/aromatic N) is 2. The van der Waals surface area contributed by atoms with E-state index in [1.165, 1.54) is 32.7 Å². The second-order valence-corrected chi connectivity index (χ2v) is 11.6. The number of fused-ring (bicyclic) bond motifs is 3. The van der Waals surface area contributed by atoms with Crippen molar-refractivity contribution in [2.75, 3.05) is 0 Å². The topological polar surface area (TPSA) is 60.2 Å². The van der Waals surface area contributed by atoms with Crippen LogP contribution in [-0.4, -0.2) is 5.84 Å². The Morgan fingerprint density at radius 3 is 1.83 bits per heavy atom. The molecular formula is C42H30N4. The summed E-state index contributed by atoms with van der Waals surface area (Å²) in [7, 11) is 0. The van der Waals surface area contributed by atoms with Gasteiger partial charge in [-0.1, -0.05) is 146 Å². The lowest BCUT2D eigenvalue weighted by atomic mass is 9.86. The predicted octanol–water partition coefficient (Wildman–Crippen LogP) is 9.54. The minimum absolute atomic E-state index is 0.240. The monoisotopic (exact) mass is 590 g/mol. The van der Waals surface area contributed by atoms with Gasteiger partial charge in [-0.15, -0.1) is 0 Å². The predicted molar refractivity (Wildman–Crippen MR) is 188 cm³/mol. The zero-order valence-electron chi connectivity index (χ0n) is 25.1. The highest BCUT2D eigenvalue weighted by atomic mass is 15.3. The summed E-state index contributed by atoms with van der Waals surface area (Å²) >= 11 is 0. The highest BCUT2D eigenvalue weighted by Gasteiger charge is 2.30. The molecule has 4 nitrogen and oxygen atoms in total. The van der Waals surface area contributed by atoms with Gasteiger partial charge >= 0.3 is 0 Å². The molecule has 0 saturated heterocycles. The molecule has 2 unspecified atom stereocenters. The standard InChI is InChI=1S/C42H30N4/c43-27-28-12-11-17-33(26-28)29-22-24-30(25-23-29)38-36-20-9-7-18-34(36)35-19-8-10-21-37(35)39(38)42-45-40(31-13-3-1-4-14-31)44-41(46-42)32-15-5-2-6-16-32/h1-26,40,42,45H,(H,44,46). The summed E-state index contributed by atoms with van der Waals surface area (Å²) in [6, 6.07) is 56.9. The van der Waals surface area contributed by atoms with Crippen LogP contribution in [0.1, 0.15) is 34.6 Å². The first-order valence-electron chi connectivity index (χ1n) is 15.5. The van der Waals surface area contributed by atoms with Crippen molar-refractivity contribution in [2.45, 2.75) is 12.3 Å². The van der Waals surface area contributed by atoms with E-state index in [9.17, 15) is 5.26 Å². The molecular weight excluding hydrogens is 560 g/mol. The smallest absolute Gasteiger partial charge is 0.131 e. The Morgan fingerprint density at radius 2 is 1.11 bits per heavy atom. The van der Waals surface area contributed by atoms with Crippen molar-refractivity contribution in [2.24, 2.45) is 4.99 Å². The number of nitrogens with one attached hydrogen (secondary N) is 2. The largest absolute Gasteiger partial charge is 0.350 e. The first kappa shape index (κ1) is 27.5. The van der Waals surface area contributed by atoms with Crippen molar-refractivity contribution in [1.29, 1.82) is 5.26 Å². The van der Waals surface area contributed by atoms with Crippen LogP contribution in [0.15, 0.2) is 163 Å². The van der Waals surface area contributed by atoms with E-state index in [1.54, 1.807) is 0 Å². The second-order valence-electron chi connectivity index (χ2n) is 11.6. The molecule has 8 rings (SSSR count). The zero-order valence-corrected chi connectivity index (χ0v) is 25.1. The molecule has 7 aromatic carbocycles. The van der Waals surface area contributed by atoms with E-state index in [0.29, 0.717) is 5.56 Å². The highest BCUT2D eigenvalue weighted by molar-refractivity contribution is 6.16. The normalized spacial score (nSPS) is 16.0. The maximum atomic E-state index is 9.46. The molecule has 218 valence electrons. The minimum atomic E-state index is -0.241. The molecule has 1 heterocycles. The van der Waals surface area contributed by atoms with E-state index in [2.05, 4.69) is 144 Å². The third kappa shape index (κ3) is 4.99. The number of nitriles is 1. The molecule has 0 aliphatic carbocycles. The number of amidine groups is 1. The number of hydrogen-bond donors (Lipinski definition) is 2. The van der Waals surface area contributed by atoms with Crippen molar-refractivity contribution >= 4 is 27.4 Å². The third-order valence-electron chi connectivity index (χ3n) is 8.79. The van der Waals surface area contributed by atoms with E-state index in [4.69, 9.17) is 4.99 Å². The fourth-order valence-corrected chi connectivity index (χ4v) is 6.63.